The van der Waals surface area contributed by atoms with Crippen molar-refractivity contribution in [3.05, 3.63) is 90.0 Å². The Hall–Kier alpha value is -3.07. The molecule has 3 aromatic carbocycles. The predicted octanol–water partition coefficient (Wildman–Crippen LogP) is 5.26. The molecule has 0 unspecified atom stereocenters. The van der Waals surface area contributed by atoms with Crippen molar-refractivity contribution in [1.29, 1.82) is 0 Å². The molecular formula is C21H18O3. The van der Waals surface area contributed by atoms with E-state index in [0.29, 0.717) is 17.9 Å². The van der Waals surface area contributed by atoms with Gasteiger partial charge >= 0.3 is 0 Å². The molecule has 0 amide bonds. The highest BCUT2D eigenvalue weighted by atomic mass is 16.5. The van der Waals surface area contributed by atoms with Gasteiger partial charge in [-0.1, -0.05) is 30.3 Å². The first-order chi connectivity index (χ1) is 11.7. The van der Waals surface area contributed by atoms with E-state index in [9.17, 15) is 4.79 Å². The molecule has 3 aromatic rings. The summed E-state index contributed by atoms with van der Waals surface area (Å²) in [5.74, 6) is 2.25. The number of ether oxygens (including phenoxy) is 2. The van der Waals surface area contributed by atoms with Gasteiger partial charge in [0.1, 0.15) is 23.9 Å². The van der Waals surface area contributed by atoms with Crippen LogP contribution < -0.4 is 9.47 Å². The third-order valence-corrected chi connectivity index (χ3v) is 3.57. The fourth-order valence-electron chi connectivity index (χ4n) is 2.24. The van der Waals surface area contributed by atoms with Gasteiger partial charge in [0, 0.05) is 5.56 Å². The number of Topliss-reactive ketones (excluding diaryl/α,β-unsaturated/α-hetero) is 1. The Labute approximate surface area is 141 Å². The molecule has 3 rings (SSSR count). The largest absolute Gasteiger partial charge is 0.489 e. The molecule has 0 saturated carbocycles. The van der Waals surface area contributed by atoms with Crippen LogP contribution in [0, 0.1) is 0 Å². The molecule has 24 heavy (non-hydrogen) atoms. The van der Waals surface area contributed by atoms with Crippen LogP contribution in [0.4, 0.5) is 0 Å². The minimum Gasteiger partial charge on any atom is -0.489 e. The van der Waals surface area contributed by atoms with Crippen LogP contribution in [-0.4, -0.2) is 5.78 Å². The van der Waals surface area contributed by atoms with E-state index in [1.54, 1.807) is 31.2 Å². The zero-order valence-corrected chi connectivity index (χ0v) is 13.4. The van der Waals surface area contributed by atoms with E-state index in [0.717, 1.165) is 17.1 Å². The second kappa shape index (κ2) is 7.47. The lowest BCUT2D eigenvalue weighted by atomic mass is 10.1. The smallest absolute Gasteiger partial charge is 0.159 e. The summed E-state index contributed by atoms with van der Waals surface area (Å²) in [5.41, 5.74) is 1.80. The highest BCUT2D eigenvalue weighted by molar-refractivity contribution is 5.94. The lowest BCUT2D eigenvalue weighted by Crippen LogP contribution is -1.95. The summed E-state index contributed by atoms with van der Waals surface area (Å²) in [6, 6.07) is 24.6. The van der Waals surface area contributed by atoms with Crippen molar-refractivity contribution < 1.29 is 14.3 Å². The van der Waals surface area contributed by atoms with Gasteiger partial charge in [-0.15, -0.1) is 0 Å². The zero-order valence-electron chi connectivity index (χ0n) is 13.4. The molecule has 0 spiro atoms. The Morgan fingerprint density at radius 3 is 1.88 bits per heavy atom. The minimum atomic E-state index is 0.0430. The minimum absolute atomic E-state index is 0.0430. The summed E-state index contributed by atoms with van der Waals surface area (Å²) in [6.07, 6.45) is 0. The SMILES string of the molecule is CC(=O)c1ccc(Oc2ccc(OCc3ccccc3)cc2)cc1. The molecule has 0 atom stereocenters. The van der Waals surface area contributed by atoms with Gasteiger partial charge < -0.3 is 9.47 Å². The van der Waals surface area contributed by atoms with Gasteiger partial charge in [-0.05, 0) is 61.0 Å². The van der Waals surface area contributed by atoms with Crippen molar-refractivity contribution in [3.8, 4) is 17.2 Å². The third kappa shape index (κ3) is 4.23. The molecule has 0 N–H and O–H groups in total. The molecule has 3 heteroatoms. The number of ketones is 1. The van der Waals surface area contributed by atoms with Crippen LogP contribution in [0.3, 0.4) is 0 Å². The van der Waals surface area contributed by atoms with Crippen molar-refractivity contribution in [2.24, 2.45) is 0 Å². The fraction of sp³-hybridized carbons (Fsp3) is 0.0952. The van der Waals surface area contributed by atoms with Gasteiger partial charge in [0.25, 0.3) is 0 Å². The normalized spacial score (nSPS) is 10.2. The number of hydrogen-bond acceptors (Lipinski definition) is 3. The molecule has 0 aliphatic heterocycles. The molecule has 0 saturated heterocycles. The Kier molecular flexibility index (Phi) is 4.92. The van der Waals surface area contributed by atoms with E-state index in [4.69, 9.17) is 9.47 Å². The van der Waals surface area contributed by atoms with Crippen molar-refractivity contribution in [2.75, 3.05) is 0 Å². The Morgan fingerprint density at radius 2 is 1.29 bits per heavy atom. The van der Waals surface area contributed by atoms with E-state index >= 15 is 0 Å². The predicted molar refractivity (Wildman–Crippen MR) is 93.7 cm³/mol. The van der Waals surface area contributed by atoms with Crippen molar-refractivity contribution in [3.63, 3.8) is 0 Å². The molecule has 120 valence electrons. The van der Waals surface area contributed by atoms with Crippen LogP contribution >= 0.6 is 0 Å². The highest BCUT2D eigenvalue weighted by Crippen LogP contribution is 2.24. The quantitative estimate of drug-likeness (QED) is 0.581. The van der Waals surface area contributed by atoms with Crippen LogP contribution in [-0.2, 0) is 6.61 Å². The maximum absolute atomic E-state index is 11.3. The second-order valence-corrected chi connectivity index (χ2v) is 5.43. The summed E-state index contributed by atoms with van der Waals surface area (Å²) < 4.78 is 11.5. The lowest BCUT2D eigenvalue weighted by molar-refractivity contribution is 0.101. The molecule has 3 nitrogen and oxygen atoms in total. The van der Waals surface area contributed by atoms with E-state index in [-0.39, 0.29) is 5.78 Å². The first-order valence-corrected chi connectivity index (χ1v) is 7.76. The van der Waals surface area contributed by atoms with Gasteiger partial charge in [0.2, 0.25) is 0 Å². The van der Waals surface area contributed by atoms with Crippen LogP contribution in [0.25, 0.3) is 0 Å². The first kappa shape index (κ1) is 15.8. The molecule has 0 fully saturated rings. The second-order valence-electron chi connectivity index (χ2n) is 5.43. The fourth-order valence-corrected chi connectivity index (χ4v) is 2.24. The van der Waals surface area contributed by atoms with Crippen molar-refractivity contribution >= 4 is 5.78 Å². The molecule has 0 radical (unpaired) electrons. The summed E-state index contributed by atoms with van der Waals surface area (Å²) in [6.45, 7) is 2.08. The van der Waals surface area contributed by atoms with Gasteiger partial charge in [-0.3, -0.25) is 4.79 Å². The van der Waals surface area contributed by atoms with Crippen LogP contribution in [0.1, 0.15) is 22.8 Å². The topological polar surface area (TPSA) is 35.5 Å². The summed E-state index contributed by atoms with van der Waals surface area (Å²) in [5, 5.41) is 0. The number of benzene rings is 3. The standard InChI is InChI=1S/C21H18O3/c1-16(22)18-7-9-20(10-8-18)24-21-13-11-19(12-14-21)23-15-17-5-3-2-4-6-17/h2-14H,15H2,1H3. The molecule has 0 aliphatic rings. The van der Waals surface area contributed by atoms with Gasteiger partial charge in [0.15, 0.2) is 5.78 Å². The third-order valence-electron chi connectivity index (χ3n) is 3.57. The van der Waals surface area contributed by atoms with Crippen molar-refractivity contribution in [1.82, 2.24) is 0 Å². The van der Waals surface area contributed by atoms with Gasteiger partial charge in [-0.25, -0.2) is 0 Å². The first-order valence-electron chi connectivity index (χ1n) is 7.76. The molecule has 0 aromatic heterocycles. The molecule has 0 bridgehead atoms. The number of carbonyl (C=O) groups is 1. The number of carbonyl (C=O) groups excluding carboxylic acids is 1. The van der Waals surface area contributed by atoms with Crippen molar-refractivity contribution in [2.45, 2.75) is 13.5 Å². The van der Waals surface area contributed by atoms with E-state index in [1.165, 1.54) is 0 Å². The average molecular weight is 318 g/mol. The summed E-state index contributed by atoms with van der Waals surface area (Å²) >= 11 is 0. The van der Waals surface area contributed by atoms with Crippen LogP contribution in [0.5, 0.6) is 17.2 Å². The number of rotatable bonds is 6. The monoisotopic (exact) mass is 318 g/mol. The van der Waals surface area contributed by atoms with Crippen LogP contribution in [0.2, 0.25) is 0 Å². The lowest BCUT2D eigenvalue weighted by Gasteiger charge is -2.09. The maximum atomic E-state index is 11.3. The molecular weight excluding hydrogens is 300 g/mol. The van der Waals surface area contributed by atoms with E-state index in [1.807, 2.05) is 54.6 Å². The van der Waals surface area contributed by atoms with Gasteiger partial charge in [-0.2, -0.15) is 0 Å². The molecule has 0 heterocycles. The maximum Gasteiger partial charge on any atom is 0.159 e. The Balaban J connectivity index is 1.59. The summed E-state index contributed by atoms with van der Waals surface area (Å²) in [7, 11) is 0. The Morgan fingerprint density at radius 1 is 0.750 bits per heavy atom. The molecule has 0 aliphatic carbocycles. The number of hydrogen-bond donors (Lipinski definition) is 0. The van der Waals surface area contributed by atoms with Crippen LogP contribution in [0.15, 0.2) is 78.9 Å². The van der Waals surface area contributed by atoms with E-state index in [2.05, 4.69) is 0 Å². The summed E-state index contributed by atoms with van der Waals surface area (Å²) in [4.78, 5) is 11.3. The van der Waals surface area contributed by atoms with E-state index < -0.39 is 0 Å². The Bertz CT molecular complexity index is 791. The highest BCUT2D eigenvalue weighted by Gasteiger charge is 2.02. The van der Waals surface area contributed by atoms with Gasteiger partial charge in [0.05, 0.1) is 0 Å². The average Bonchev–Trinajstić information content (AvgIpc) is 2.62. The zero-order chi connectivity index (χ0) is 16.8.